The lowest BCUT2D eigenvalue weighted by atomic mass is 10.1. The van der Waals surface area contributed by atoms with Crippen molar-refractivity contribution >= 4 is 5.97 Å². The topological polar surface area (TPSA) is 72.5 Å². The van der Waals surface area contributed by atoms with Gasteiger partial charge >= 0.3 is 5.97 Å². The number of carboxylic acid groups (broad SMARTS) is 1. The summed E-state index contributed by atoms with van der Waals surface area (Å²) in [6.07, 6.45) is -0.276. The first kappa shape index (κ1) is 12.4. The minimum Gasteiger partial charge on any atom is -0.494 e. The van der Waals surface area contributed by atoms with Crippen LogP contribution in [0.15, 0.2) is 12.1 Å². The molecule has 6 heteroatoms. The summed E-state index contributed by atoms with van der Waals surface area (Å²) < 4.78 is 31.2. The summed E-state index contributed by atoms with van der Waals surface area (Å²) in [6, 6.07) is 1.21. The lowest BCUT2D eigenvalue weighted by Crippen LogP contribution is -2.32. The molecule has 0 fully saturated rings. The van der Waals surface area contributed by atoms with Crippen molar-refractivity contribution in [2.24, 2.45) is 5.73 Å². The monoisotopic (exact) mass is 231 g/mol. The minimum atomic E-state index is -1.27. The molecule has 0 heterocycles. The molecule has 4 nitrogen and oxygen atoms in total. The van der Waals surface area contributed by atoms with Gasteiger partial charge in [-0.25, -0.2) is 4.39 Å². The van der Waals surface area contributed by atoms with Gasteiger partial charge in [-0.15, -0.1) is 0 Å². The molecule has 3 N–H and O–H groups in total. The number of aliphatic carboxylic acids is 1. The predicted molar refractivity (Wildman–Crippen MR) is 52.2 cm³/mol. The highest BCUT2D eigenvalue weighted by molar-refractivity contribution is 5.73. The van der Waals surface area contributed by atoms with E-state index in [9.17, 15) is 13.6 Å². The van der Waals surface area contributed by atoms with Crippen molar-refractivity contribution in [1.29, 1.82) is 0 Å². The van der Waals surface area contributed by atoms with E-state index in [4.69, 9.17) is 10.8 Å². The zero-order valence-electron chi connectivity index (χ0n) is 8.54. The molecule has 1 aromatic carbocycles. The maximum atomic E-state index is 13.4. The lowest BCUT2D eigenvalue weighted by Gasteiger charge is -2.09. The smallest absolute Gasteiger partial charge is 0.320 e. The highest BCUT2D eigenvalue weighted by Crippen LogP contribution is 2.22. The Morgan fingerprint density at radius 2 is 2.12 bits per heavy atom. The van der Waals surface area contributed by atoms with Crippen LogP contribution in [0.2, 0.25) is 0 Å². The Morgan fingerprint density at radius 3 is 2.62 bits per heavy atom. The number of methoxy groups -OCH3 is 1. The second-order valence-corrected chi connectivity index (χ2v) is 3.20. The van der Waals surface area contributed by atoms with Crippen LogP contribution in [0.5, 0.6) is 5.75 Å². The Bertz CT molecular complexity index is 409. The number of halogens is 2. The molecule has 0 aliphatic carbocycles. The molecular weight excluding hydrogens is 220 g/mol. The Labute approximate surface area is 90.6 Å². The van der Waals surface area contributed by atoms with Gasteiger partial charge in [0.1, 0.15) is 6.04 Å². The van der Waals surface area contributed by atoms with Crippen molar-refractivity contribution in [3.8, 4) is 5.75 Å². The summed E-state index contributed by atoms with van der Waals surface area (Å²) in [5.41, 5.74) is 5.13. The second kappa shape index (κ2) is 4.89. The zero-order valence-corrected chi connectivity index (χ0v) is 8.54. The van der Waals surface area contributed by atoms with Crippen LogP contribution in [0, 0.1) is 11.6 Å². The SMILES string of the molecule is COc1ccc(C[C@@H](N)C(=O)O)c(F)c1F. The van der Waals surface area contributed by atoms with Gasteiger partial charge in [0.2, 0.25) is 5.82 Å². The van der Waals surface area contributed by atoms with E-state index in [0.717, 1.165) is 0 Å². The summed E-state index contributed by atoms with van der Waals surface area (Å²) in [5.74, 6) is -3.77. The first-order valence-electron chi connectivity index (χ1n) is 4.46. The number of ether oxygens (including phenoxy) is 1. The molecule has 16 heavy (non-hydrogen) atoms. The van der Waals surface area contributed by atoms with E-state index in [-0.39, 0.29) is 17.7 Å². The third kappa shape index (κ3) is 2.46. The van der Waals surface area contributed by atoms with E-state index in [1.807, 2.05) is 0 Å². The zero-order chi connectivity index (χ0) is 12.3. The fraction of sp³-hybridized carbons (Fsp3) is 0.300. The molecule has 1 aromatic rings. The number of carboxylic acids is 1. The van der Waals surface area contributed by atoms with Crippen molar-refractivity contribution in [3.05, 3.63) is 29.3 Å². The molecule has 0 aromatic heterocycles. The second-order valence-electron chi connectivity index (χ2n) is 3.20. The maximum Gasteiger partial charge on any atom is 0.320 e. The Morgan fingerprint density at radius 1 is 1.50 bits per heavy atom. The highest BCUT2D eigenvalue weighted by Gasteiger charge is 2.18. The summed E-state index contributed by atoms with van der Waals surface area (Å²) in [6.45, 7) is 0. The van der Waals surface area contributed by atoms with E-state index in [2.05, 4.69) is 4.74 Å². The first-order valence-corrected chi connectivity index (χ1v) is 4.46. The molecule has 1 rings (SSSR count). The Balaban J connectivity index is 2.99. The summed E-state index contributed by atoms with van der Waals surface area (Å²) in [5, 5.41) is 8.54. The largest absolute Gasteiger partial charge is 0.494 e. The van der Waals surface area contributed by atoms with Crippen LogP contribution < -0.4 is 10.5 Å². The molecule has 0 radical (unpaired) electrons. The number of carbonyl (C=O) groups is 1. The molecule has 0 bridgehead atoms. The molecule has 1 atom stereocenters. The van der Waals surface area contributed by atoms with Crippen LogP contribution in [0.3, 0.4) is 0 Å². The standard InChI is InChI=1S/C10H11F2NO3/c1-16-7-3-2-5(8(11)9(7)12)4-6(13)10(14)15/h2-3,6H,4,13H2,1H3,(H,14,15)/t6-/m1/s1. The van der Waals surface area contributed by atoms with Crippen molar-refractivity contribution in [2.45, 2.75) is 12.5 Å². The van der Waals surface area contributed by atoms with E-state index in [1.54, 1.807) is 0 Å². The van der Waals surface area contributed by atoms with E-state index >= 15 is 0 Å². The number of hydrogen-bond donors (Lipinski definition) is 2. The molecule has 88 valence electrons. The molecule has 0 aliphatic heterocycles. The Kier molecular flexibility index (Phi) is 3.78. The number of hydrogen-bond acceptors (Lipinski definition) is 3. The van der Waals surface area contributed by atoms with Crippen LogP contribution >= 0.6 is 0 Å². The molecule has 0 saturated heterocycles. The fourth-order valence-corrected chi connectivity index (χ4v) is 1.21. The average Bonchev–Trinajstić information content (AvgIpc) is 2.25. The number of benzene rings is 1. The van der Waals surface area contributed by atoms with Crippen molar-refractivity contribution < 1.29 is 23.4 Å². The van der Waals surface area contributed by atoms with E-state index in [0.29, 0.717) is 0 Å². The predicted octanol–water partition coefficient (Wildman–Crippen LogP) is 0.928. The fourth-order valence-electron chi connectivity index (χ4n) is 1.21. The summed E-state index contributed by atoms with van der Waals surface area (Å²) >= 11 is 0. The maximum absolute atomic E-state index is 13.4. The molecular formula is C10H11F2NO3. The molecule has 0 unspecified atom stereocenters. The van der Waals surface area contributed by atoms with Crippen molar-refractivity contribution in [1.82, 2.24) is 0 Å². The number of rotatable bonds is 4. The van der Waals surface area contributed by atoms with Gasteiger partial charge < -0.3 is 15.6 Å². The third-order valence-electron chi connectivity index (χ3n) is 2.10. The normalized spacial score (nSPS) is 12.2. The first-order chi connectivity index (χ1) is 7.47. The molecule has 0 aliphatic rings. The lowest BCUT2D eigenvalue weighted by molar-refractivity contribution is -0.138. The van der Waals surface area contributed by atoms with Crippen LogP contribution in [0.4, 0.5) is 8.78 Å². The van der Waals surface area contributed by atoms with Gasteiger partial charge in [-0.1, -0.05) is 6.07 Å². The molecule has 0 saturated carbocycles. The van der Waals surface area contributed by atoms with Gasteiger partial charge in [0.05, 0.1) is 7.11 Å². The van der Waals surface area contributed by atoms with Gasteiger partial charge in [-0.3, -0.25) is 4.79 Å². The molecule has 0 amide bonds. The van der Waals surface area contributed by atoms with Gasteiger partial charge in [0.15, 0.2) is 11.6 Å². The summed E-state index contributed by atoms with van der Waals surface area (Å²) in [7, 11) is 1.21. The van der Waals surface area contributed by atoms with Crippen molar-refractivity contribution in [3.63, 3.8) is 0 Å². The number of nitrogens with two attached hydrogens (primary N) is 1. The van der Waals surface area contributed by atoms with Crippen LogP contribution in [-0.4, -0.2) is 24.2 Å². The average molecular weight is 231 g/mol. The van der Waals surface area contributed by atoms with Crippen LogP contribution in [0.25, 0.3) is 0 Å². The quantitative estimate of drug-likeness (QED) is 0.808. The van der Waals surface area contributed by atoms with Crippen LogP contribution in [-0.2, 0) is 11.2 Å². The van der Waals surface area contributed by atoms with Crippen LogP contribution in [0.1, 0.15) is 5.56 Å². The minimum absolute atomic E-state index is 0.0896. The van der Waals surface area contributed by atoms with Gasteiger partial charge in [0, 0.05) is 6.42 Å². The van der Waals surface area contributed by atoms with Gasteiger partial charge in [0.25, 0.3) is 0 Å². The summed E-state index contributed by atoms with van der Waals surface area (Å²) in [4.78, 5) is 10.5. The van der Waals surface area contributed by atoms with E-state index in [1.165, 1.54) is 19.2 Å². The van der Waals surface area contributed by atoms with Gasteiger partial charge in [-0.2, -0.15) is 4.39 Å². The highest BCUT2D eigenvalue weighted by atomic mass is 19.2. The van der Waals surface area contributed by atoms with Crippen molar-refractivity contribution in [2.75, 3.05) is 7.11 Å². The Hall–Kier alpha value is -1.69. The third-order valence-corrected chi connectivity index (χ3v) is 2.10. The van der Waals surface area contributed by atoms with E-state index < -0.39 is 23.6 Å². The molecule has 0 spiro atoms. The van der Waals surface area contributed by atoms with Gasteiger partial charge in [-0.05, 0) is 11.6 Å².